The third-order valence-corrected chi connectivity index (χ3v) is 6.74. The Kier molecular flexibility index (Phi) is 6.88. The van der Waals surface area contributed by atoms with Gasteiger partial charge in [-0.25, -0.2) is 0 Å². The van der Waals surface area contributed by atoms with Crippen LogP contribution in [0.5, 0.6) is 0 Å². The van der Waals surface area contributed by atoms with Gasteiger partial charge in [0.05, 0.1) is 23.5 Å². The summed E-state index contributed by atoms with van der Waals surface area (Å²) in [4.78, 5) is 2.19. The zero-order valence-electron chi connectivity index (χ0n) is 18.9. The van der Waals surface area contributed by atoms with Gasteiger partial charge in [-0.1, -0.05) is 12.2 Å². The molecular weight excluding hydrogens is 460 g/mol. The Balaban J connectivity index is 1.67. The molecule has 2 heterocycles. The Morgan fingerprint density at radius 3 is 2.21 bits per heavy atom. The number of rotatable bonds is 5. The first-order valence-corrected chi connectivity index (χ1v) is 11.3. The van der Waals surface area contributed by atoms with E-state index in [-0.39, 0.29) is 23.6 Å². The van der Waals surface area contributed by atoms with Crippen LogP contribution in [0.4, 0.5) is 26.3 Å². The second-order valence-corrected chi connectivity index (χ2v) is 9.05. The number of ether oxygens (including phenoxy) is 2. The molecule has 4 atom stereocenters. The molecule has 186 valence electrons. The maximum absolute atomic E-state index is 13.3. The maximum atomic E-state index is 13.3. The number of hydrogen-bond donors (Lipinski definition) is 0. The summed E-state index contributed by atoms with van der Waals surface area (Å²) >= 11 is 0. The molecule has 0 saturated carbocycles. The Labute approximate surface area is 194 Å². The van der Waals surface area contributed by atoms with Gasteiger partial charge in [-0.3, -0.25) is 4.90 Å². The molecule has 0 aromatic heterocycles. The van der Waals surface area contributed by atoms with E-state index in [0.29, 0.717) is 12.1 Å². The highest BCUT2D eigenvalue weighted by Crippen LogP contribution is 2.41. The summed E-state index contributed by atoms with van der Waals surface area (Å²) in [5, 5.41) is 0. The average molecular weight is 487 g/mol. The molecule has 2 aliphatic heterocycles. The van der Waals surface area contributed by atoms with E-state index in [4.69, 9.17) is 9.47 Å². The minimum absolute atomic E-state index is 0.0344. The van der Waals surface area contributed by atoms with Gasteiger partial charge in [0.2, 0.25) is 6.29 Å². The molecule has 1 aromatic carbocycles. The van der Waals surface area contributed by atoms with Crippen molar-refractivity contribution in [1.82, 2.24) is 4.90 Å². The second-order valence-electron chi connectivity index (χ2n) is 9.05. The molecule has 0 bridgehead atoms. The Hall–Kier alpha value is -2.26. The highest BCUT2D eigenvalue weighted by atomic mass is 19.4. The summed E-state index contributed by atoms with van der Waals surface area (Å²) in [7, 11) is 2.01. The predicted molar refractivity (Wildman–Crippen MR) is 115 cm³/mol. The third-order valence-electron chi connectivity index (χ3n) is 6.74. The zero-order valence-corrected chi connectivity index (χ0v) is 18.9. The van der Waals surface area contributed by atoms with Crippen LogP contribution < -0.4 is 0 Å². The zero-order chi connectivity index (χ0) is 24.7. The first kappa shape index (κ1) is 24.9. The summed E-state index contributed by atoms with van der Waals surface area (Å²) in [5.74, 6) is 0.0344. The van der Waals surface area contributed by atoms with Gasteiger partial charge in [-0.15, -0.1) is 0 Å². The summed E-state index contributed by atoms with van der Waals surface area (Å²) < 4.78 is 91.7. The van der Waals surface area contributed by atoms with Crippen LogP contribution in [0.25, 0.3) is 0 Å². The van der Waals surface area contributed by atoms with Gasteiger partial charge in [-0.05, 0) is 75.1 Å². The van der Waals surface area contributed by atoms with Crippen LogP contribution in [-0.4, -0.2) is 30.8 Å². The van der Waals surface area contributed by atoms with E-state index in [1.165, 1.54) is 13.2 Å². The molecule has 1 fully saturated rings. The van der Waals surface area contributed by atoms with Gasteiger partial charge in [0.15, 0.2) is 0 Å². The van der Waals surface area contributed by atoms with Crippen LogP contribution in [0.3, 0.4) is 0 Å². The normalized spacial score (nSPS) is 26.9. The molecule has 34 heavy (non-hydrogen) atoms. The molecule has 0 radical (unpaired) electrons. The van der Waals surface area contributed by atoms with Crippen molar-refractivity contribution in [3.63, 3.8) is 0 Å². The number of hydrogen-bond acceptors (Lipinski definition) is 3. The highest BCUT2D eigenvalue weighted by Gasteiger charge is 2.39. The van der Waals surface area contributed by atoms with Gasteiger partial charge >= 0.3 is 12.4 Å². The Morgan fingerprint density at radius 1 is 1.03 bits per heavy atom. The minimum Gasteiger partial charge on any atom is -0.468 e. The summed E-state index contributed by atoms with van der Waals surface area (Å²) in [6.45, 7) is 2.39. The average Bonchev–Trinajstić information content (AvgIpc) is 2.77. The number of allylic oxidation sites excluding steroid dienone is 2. The van der Waals surface area contributed by atoms with Gasteiger partial charge in [-0.2, -0.15) is 26.3 Å². The molecule has 1 saturated heterocycles. The maximum Gasteiger partial charge on any atom is 0.416 e. The quantitative estimate of drug-likeness (QED) is 0.329. The lowest BCUT2D eigenvalue weighted by molar-refractivity contribution is -0.143. The molecule has 0 spiro atoms. The number of halogens is 6. The van der Waals surface area contributed by atoms with Crippen LogP contribution in [-0.2, 0) is 21.8 Å². The van der Waals surface area contributed by atoms with Crippen molar-refractivity contribution in [3.8, 4) is 0 Å². The van der Waals surface area contributed by atoms with Gasteiger partial charge in [0.25, 0.3) is 0 Å². The Morgan fingerprint density at radius 2 is 1.71 bits per heavy atom. The first-order valence-electron chi connectivity index (χ1n) is 11.3. The molecule has 0 amide bonds. The van der Waals surface area contributed by atoms with Gasteiger partial charge in [0, 0.05) is 24.1 Å². The van der Waals surface area contributed by atoms with Crippen LogP contribution in [0.15, 0.2) is 53.8 Å². The third kappa shape index (κ3) is 5.20. The number of likely N-dealkylation sites (tertiary alicyclic amines) is 1. The van der Waals surface area contributed by atoms with E-state index >= 15 is 0 Å². The van der Waals surface area contributed by atoms with Crippen molar-refractivity contribution >= 4 is 0 Å². The second kappa shape index (κ2) is 9.41. The van der Waals surface area contributed by atoms with Crippen LogP contribution in [0, 0.1) is 5.92 Å². The summed E-state index contributed by atoms with van der Waals surface area (Å²) in [6, 6.07) is 1.72. The van der Waals surface area contributed by atoms with Crippen molar-refractivity contribution in [2.45, 2.75) is 63.4 Å². The fourth-order valence-electron chi connectivity index (χ4n) is 4.75. The largest absolute Gasteiger partial charge is 0.468 e. The number of benzene rings is 1. The summed E-state index contributed by atoms with van der Waals surface area (Å²) in [5.41, 5.74) is -0.986. The molecule has 1 aromatic rings. The van der Waals surface area contributed by atoms with E-state index < -0.39 is 35.9 Å². The number of alkyl halides is 6. The Bertz CT molecular complexity index is 962. The molecule has 3 nitrogen and oxygen atoms in total. The van der Waals surface area contributed by atoms with Gasteiger partial charge in [0.1, 0.15) is 0 Å². The minimum atomic E-state index is -4.92. The van der Waals surface area contributed by atoms with Crippen molar-refractivity contribution in [3.05, 3.63) is 70.5 Å². The molecule has 1 unspecified atom stereocenters. The molecule has 4 rings (SSSR count). The lowest BCUT2D eigenvalue weighted by Gasteiger charge is -2.43. The van der Waals surface area contributed by atoms with Crippen LogP contribution >= 0.6 is 0 Å². The van der Waals surface area contributed by atoms with Crippen molar-refractivity contribution in [2.75, 3.05) is 13.6 Å². The van der Waals surface area contributed by atoms with Crippen molar-refractivity contribution < 1.29 is 35.8 Å². The monoisotopic (exact) mass is 487 g/mol. The molecule has 3 aliphatic rings. The van der Waals surface area contributed by atoms with Crippen LogP contribution in [0.2, 0.25) is 0 Å². The SMILES string of the molecule is C[C@@H](O[C@H]1OC=CC([C@@H]2CCN2C)=C1C1C=CCCC1)c1cc(C(F)(F)F)cc(C(F)(F)F)c1. The van der Waals surface area contributed by atoms with E-state index in [1.54, 1.807) is 0 Å². The fraction of sp³-hybridized carbons (Fsp3) is 0.520. The van der Waals surface area contributed by atoms with Crippen molar-refractivity contribution in [2.24, 2.45) is 5.92 Å². The van der Waals surface area contributed by atoms with E-state index in [0.717, 1.165) is 43.4 Å². The van der Waals surface area contributed by atoms with E-state index in [9.17, 15) is 26.3 Å². The lowest BCUT2D eigenvalue weighted by atomic mass is 9.81. The molecule has 0 N–H and O–H groups in total. The smallest absolute Gasteiger partial charge is 0.416 e. The first-order chi connectivity index (χ1) is 15.9. The number of likely N-dealkylation sites (N-methyl/N-ethyl adjacent to an activating group) is 1. The molecule has 1 aliphatic carbocycles. The standard InChI is InChI=1S/C25H27F6NO2/c1-15(17-12-18(24(26,27)28)14-19(13-17)25(29,30)31)34-23-22(16-6-4-3-5-7-16)20(9-11-33-23)21-8-10-32(21)2/h4,6,9,11-16,21,23H,3,5,7-8,10H2,1-2H3/t15-,16?,21+,23-/m1/s1. The van der Waals surface area contributed by atoms with Crippen LogP contribution in [0.1, 0.15) is 55.4 Å². The fourth-order valence-corrected chi connectivity index (χ4v) is 4.75. The lowest BCUT2D eigenvalue weighted by Crippen LogP contribution is -2.47. The van der Waals surface area contributed by atoms with Gasteiger partial charge < -0.3 is 9.47 Å². The topological polar surface area (TPSA) is 21.7 Å². The van der Waals surface area contributed by atoms with Crippen molar-refractivity contribution in [1.29, 1.82) is 0 Å². The van der Waals surface area contributed by atoms with E-state index in [1.807, 2.05) is 13.1 Å². The number of nitrogens with zero attached hydrogens (tertiary/aromatic N) is 1. The van der Waals surface area contributed by atoms with E-state index in [2.05, 4.69) is 17.1 Å². The molecular formula is C25H27F6NO2. The molecule has 9 heteroatoms. The highest BCUT2D eigenvalue weighted by molar-refractivity contribution is 5.39. The summed E-state index contributed by atoms with van der Waals surface area (Å²) in [6.07, 6.45) is -0.449. The predicted octanol–water partition coefficient (Wildman–Crippen LogP) is 7.03.